The van der Waals surface area contributed by atoms with Gasteiger partial charge in [0.2, 0.25) is 29.5 Å². The van der Waals surface area contributed by atoms with Crippen molar-refractivity contribution in [1.29, 1.82) is 0 Å². The van der Waals surface area contributed by atoms with Crippen molar-refractivity contribution in [2.45, 2.75) is 232 Å². The van der Waals surface area contributed by atoms with E-state index in [1.807, 2.05) is 60.6 Å². The highest BCUT2D eigenvalue weighted by Crippen LogP contribution is 2.63. The number of rotatable bonds is 14. The number of likely N-dealkylation sites (tertiary alicyclic amines) is 4. The Labute approximate surface area is 924 Å². The molecule has 0 radical (unpaired) electrons. The summed E-state index contributed by atoms with van der Waals surface area (Å²) in [5.74, 6) is -6.35. The first-order chi connectivity index (χ1) is 67.9. The van der Waals surface area contributed by atoms with Crippen molar-refractivity contribution in [1.82, 2.24) is 49.1 Å². The standard InChI is InChI=1S/C29H33BFN5O5.C23H21BrFN5O3.C18H22BrFN2O3.C12H19NO4.C7H4BrClN2.C6H5BrFN.S4.S3.S2.H2S/c1-27(2)28(3,4)41-30(40-27)17-10-8-11-18(23(17)31)33-26(39)20-13-29(5)14-21(29)36(20)22(37)15-35-19-12-7-6-9-16(19)24(34-35)25(32)38;1-23-9-16(22(33)27-14-7-4-6-13(24)19(14)25)30(17(23)10-23)18(31)11-29-15-8-3-2-5-12(15)20(28-29)21(26)32;1-17(2,3)25-16(24)22-12(8-18(4)9-13(18)22)15(23)21-11-7-5-6-10(19)14(11)20;1-11(2,3)17-10(16)13-7(9(14)15)5-12(4)6-8(12)13;8-4-1-2-5-7(6(4)9)11-3-10-5;7-4-2-1-3-5(9)6(4)8;1-3-4-2;1-3-2;1-2;/h6-12,20-21H,13-15H2,1-5H3,(H2,32,38)(H,33,39);2-8,16-17H,9-11H2,1H3,(H2,26,32)(H,27,33);5-7,12-13H,8-9H2,1-4H3,(H,21,23);7-8H,5-6H2,1-4H3,(H,14,15);1-3H,(H,10,11);1-3H,9H2;;;;1H2/t20-,21+,29-;16-,17+,23-;12-,13+,18-;7-,8+,12-;;;;;;/m0000....../s1. The molecular weight excluding hydrogens is 2370 g/mol. The molecule has 4 saturated carbocycles. The number of hydrogen-bond acceptors (Lipinski definition) is 24. The summed E-state index contributed by atoms with van der Waals surface area (Å²) in [6.07, 6.45) is 6.01. The number of halogens is 9. The van der Waals surface area contributed by atoms with E-state index in [0.717, 1.165) is 50.1 Å². The van der Waals surface area contributed by atoms with Gasteiger partial charge in [0, 0.05) is 139 Å². The maximum absolute atomic E-state index is 15.7. The number of H-pyrrole nitrogens is 1. The minimum Gasteiger partial charge on any atom is -0.480 e. The number of hydrogen-bond donors (Lipinski definition) is 8. The van der Waals surface area contributed by atoms with Gasteiger partial charge < -0.3 is 71.8 Å². The van der Waals surface area contributed by atoms with E-state index in [1.54, 1.807) is 155 Å². The van der Waals surface area contributed by atoms with Crippen LogP contribution in [-0.2, 0) is 154 Å². The zero-order chi connectivity index (χ0) is 107. The van der Waals surface area contributed by atoms with Crippen LogP contribution in [0.2, 0.25) is 5.02 Å². The Morgan fingerprint density at radius 3 is 1.21 bits per heavy atom. The quantitative estimate of drug-likeness (QED) is 0.0285. The number of benzene rings is 7. The van der Waals surface area contributed by atoms with E-state index >= 15 is 4.39 Å². The van der Waals surface area contributed by atoms with Crippen LogP contribution in [0, 0.1) is 44.9 Å². The van der Waals surface area contributed by atoms with Gasteiger partial charge in [-0.15, -0.1) is 0 Å². The molecule has 782 valence electrons. The number of primary amides is 2. The average Bonchev–Trinajstić information content (AvgIpc) is 1.56. The van der Waals surface area contributed by atoms with Gasteiger partial charge in [-0.05, 0) is 273 Å². The smallest absolute Gasteiger partial charge is 0.480 e. The lowest BCUT2D eigenvalue weighted by molar-refractivity contribution is -0.142. The Bertz CT molecular complexity index is 6820. The van der Waals surface area contributed by atoms with Crippen LogP contribution in [-0.4, -0.2) is 192 Å². The predicted octanol–water partition coefficient (Wildman–Crippen LogP) is 17.1. The van der Waals surface area contributed by atoms with Gasteiger partial charge in [-0.3, -0.25) is 52.7 Å². The molecule has 5 aliphatic heterocycles. The number of carboxylic acid groups (broad SMARTS) is 1. The van der Waals surface area contributed by atoms with E-state index in [1.165, 1.54) is 61.2 Å². The number of anilines is 4. The number of amides is 9. The van der Waals surface area contributed by atoms with E-state index in [9.17, 15) is 61.1 Å². The Kier molecular flexibility index (Phi) is 39.4. The number of nitrogen functional groups attached to an aromatic ring is 1. The minimum absolute atomic E-state index is 0. The number of para-hydroxylation sites is 2. The third-order valence-electron chi connectivity index (χ3n) is 26.6. The number of nitrogens with zero attached hydrogens (tertiary/aromatic N) is 9. The number of aromatic amines is 1. The molecule has 7 aromatic carbocycles. The molecule has 0 bridgehead atoms. The highest BCUT2D eigenvalue weighted by Gasteiger charge is 2.69. The van der Waals surface area contributed by atoms with Crippen molar-refractivity contribution in [2.24, 2.45) is 33.1 Å². The molecule has 146 heavy (non-hydrogen) atoms. The largest absolute Gasteiger partial charge is 0.497 e. The lowest BCUT2D eigenvalue weighted by Crippen LogP contribution is -2.47. The van der Waals surface area contributed by atoms with Crippen LogP contribution in [0.5, 0.6) is 0 Å². The third-order valence-corrected chi connectivity index (χ3v) is 31.9. The Morgan fingerprint density at radius 1 is 0.500 bits per heavy atom. The monoisotopic (exact) mass is 2470 g/mol. The number of nitrogens with one attached hydrogen (secondary N) is 4. The number of piperidine rings is 4. The average molecular weight is 2470 g/mol. The summed E-state index contributed by atoms with van der Waals surface area (Å²) in [4.78, 5) is 139. The fraction of sp³-hybridized carbons (Fsp3) is 0.421. The first kappa shape index (κ1) is 119. The molecule has 12 atom stereocenters. The van der Waals surface area contributed by atoms with Gasteiger partial charge in [0.1, 0.15) is 59.8 Å². The van der Waals surface area contributed by atoms with Crippen LogP contribution >= 0.6 is 88.8 Å². The van der Waals surface area contributed by atoms with E-state index < -0.39 is 125 Å². The first-order valence-corrected chi connectivity index (χ1v) is 56.4. The van der Waals surface area contributed by atoms with Crippen molar-refractivity contribution in [3.05, 3.63) is 197 Å². The van der Waals surface area contributed by atoms with Crippen LogP contribution in [0.4, 0.5) is 49.9 Å². The van der Waals surface area contributed by atoms with E-state index in [2.05, 4.69) is 174 Å². The fourth-order valence-electron chi connectivity index (χ4n) is 18.3. The number of fused-ring (bicyclic) bond motifs is 7. The lowest BCUT2D eigenvalue weighted by Gasteiger charge is -2.32. The highest BCUT2D eigenvalue weighted by atomic mass is 79.9. The number of carbonyl (C=O) groups is 10. The molecule has 9 fully saturated rings. The number of ether oxygens (including phenoxy) is 2. The summed E-state index contributed by atoms with van der Waals surface area (Å²) in [5, 5.41) is 27.4. The number of imidazole rings is 1. The van der Waals surface area contributed by atoms with Gasteiger partial charge in [-0.1, -0.05) is 106 Å². The van der Waals surface area contributed by atoms with Crippen LogP contribution in [0.15, 0.2) is 158 Å². The van der Waals surface area contributed by atoms with Crippen molar-refractivity contribution in [2.75, 3.05) is 21.7 Å². The topological polar surface area (TPSA) is 419 Å². The molecule has 9 aliphatic rings. The number of nitrogens with two attached hydrogens (primary N) is 3. The van der Waals surface area contributed by atoms with Gasteiger partial charge in [0.05, 0.1) is 75.3 Å². The van der Waals surface area contributed by atoms with Gasteiger partial charge in [0.15, 0.2) is 28.8 Å². The number of aliphatic carboxylic acids is 1. The maximum Gasteiger partial charge on any atom is 0.497 e. The summed E-state index contributed by atoms with van der Waals surface area (Å²) in [7, 11) is 2.33. The highest BCUT2D eigenvalue weighted by molar-refractivity contribution is 9.11. The lowest BCUT2D eigenvalue weighted by atomic mass is 9.78. The molecule has 4 aliphatic carbocycles. The van der Waals surface area contributed by atoms with Gasteiger partial charge in [0.25, 0.3) is 11.8 Å². The van der Waals surface area contributed by atoms with Crippen LogP contribution in [0.1, 0.15) is 169 Å². The zero-order valence-electron chi connectivity index (χ0n) is 81.0. The Morgan fingerprint density at radius 2 is 0.842 bits per heavy atom. The SMILES string of the molecule is CC(C)(C)OC(=O)N1[C@H](C(=O)Nc2cccc(Br)c2F)C[C@@]2(C)C[C@@H]12.CC(C)(C)OC(=O)N1[C@H](C(=O)O)C[C@@]2(C)C[C@@H]12.CC1(C)OB(c2cccc(NC(=O)[C@@H]3C[C@@]4(C)C[C@H]4N3C(=O)Cn3nc(C(N)=O)c4ccccc43)c2F)OC1(C)C.C[C@@]12C[C@@H](C(=O)Nc3cccc(Br)c3F)N(C(=O)Cn3nc(C(N)=O)c4ccccc43)[C@@H]1C2.Clc1c(Br)ccc2[nH]cnc12.Nc1cccc(Br)c1F.S.S=S.S=S=S.S=S=S=S. The molecule has 0 spiro atoms. The van der Waals surface area contributed by atoms with Crippen LogP contribution < -0.4 is 38.6 Å². The van der Waals surface area contributed by atoms with Gasteiger partial charge in [-0.2, -0.15) is 23.7 Å². The molecule has 8 heterocycles. The molecule has 3 aromatic heterocycles. The summed E-state index contributed by atoms with van der Waals surface area (Å²) in [6.45, 7) is 26.1. The molecule has 31 nitrogen and oxygen atoms in total. The van der Waals surface area contributed by atoms with Crippen molar-refractivity contribution in [3.63, 3.8) is 0 Å². The number of carbonyl (C=O) groups excluding carboxylic acids is 9. The number of carboxylic acids is 1. The molecule has 5 saturated heterocycles. The Hall–Kier alpha value is -8.71. The minimum atomic E-state index is -0.940. The molecule has 51 heteroatoms. The third kappa shape index (κ3) is 27.4. The van der Waals surface area contributed by atoms with Crippen LogP contribution in [0.25, 0.3) is 32.8 Å². The van der Waals surface area contributed by atoms with E-state index in [0.29, 0.717) is 57.0 Å². The molecule has 9 amide bonds. The fourth-order valence-corrected chi connectivity index (χ4v) is 19.9. The molecule has 0 unspecified atom stereocenters. The second-order valence-corrected chi connectivity index (χ2v) is 48.9. The normalized spacial score (nSPS) is 23.0. The molecule has 11 N–H and O–H groups in total. The number of aromatic nitrogens is 6. The summed E-state index contributed by atoms with van der Waals surface area (Å²) in [6, 6.07) is 33.7. The van der Waals surface area contributed by atoms with Gasteiger partial charge in [-0.25, -0.2) is 36.9 Å². The maximum atomic E-state index is 15.7. The van der Waals surface area contributed by atoms with Gasteiger partial charge >= 0.3 is 25.3 Å². The second-order valence-electron chi connectivity index (χ2n) is 39.8. The second kappa shape index (κ2) is 48.3. The molecule has 10 aromatic rings. The van der Waals surface area contributed by atoms with E-state index in [4.69, 9.17) is 52.7 Å². The summed E-state index contributed by atoms with van der Waals surface area (Å²) < 4.78 is 84.2. The predicted molar refractivity (Wildman–Crippen MR) is 594 cm³/mol. The van der Waals surface area contributed by atoms with Crippen LogP contribution in [0.3, 0.4) is 0 Å². The first-order valence-electron chi connectivity index (χ1n) is 44.9. The van der Waals surface area contributed by atoms with Crippen molar-refractivity contribution < 1.29 is 89.4 Å². The van der Waals surface area contributed by atoms with Crippen molar-refractivity contribution >= 4 is 310 Å². The zero-order valence-corrected chi connectivity index (χ0v) is 96.5. The Balaban J connectivity index is 0.000000187. The molecule has 19 rings (SSSR count). The summed E-state index contributed by atoms with van der Waals surface area (Å²) >= 11 is 42.7. The summed E-state index contributed by atoms with van der Waals surface area (Å²) in [5.41, 5.74) is 16.9. The van der Waals surface area contributed by atoms with Crippen molar-refractivity contribution in [3.8, 4) is 0 Å². The molecular formula is C95H106BBr4ClF4N16O15S10. The van der Waals surface area contributed by atoms with E-state index in [-0.39, 0.29) is 133 Å².